The van der Waals surface area contributed by atoms with Crippen molar-refractivity contribution >= 4 is 22.9 Å². The summed E-state index contributed by atoms with van der Waals surface area (Å²) >= 11 is 0. The SMILES string of the molecule is COc1ccc2ccccc2c1/C=c1\[nH]c(=O)/c(=C/c2ncoc2C(C)(C)C)[nH]c1=O. The molecular formula is C24H23N3O4. The van der Waals surface area contributed by atoms with Gasteiger partial charge in [-0.15, -0.1) is 0 Å². The van der Waals surface area contributed by atoms with Crippen LogP contribution in [0.3, 0.4) is 0 Å². The van der Waals surface area contributed by atoms with E-state index in [1.165, 1.54) is 12.5 Å². The van der Waals surface area contributed by atoms with E-state index in [4.69, 9.17) is 9.15 Å². The third kappa shape index (κ3) is 3.94. The van der Waals surface area contributed by atoms with E-state index in [1.807, 2.05) is 57.2 Å². The zero-order valence-electron chi connectivity index (χ0n) is 17.8. The van der Waals surface area contributed by atoms with Gasteiger partial charge in [-0.3, -0.25) is 9.59 Å². The number of aromatic amines is 2. The van der Waals surface area contributed by atoms with Gasteiger partial charge in [0.2, 0.25) is 0 Å². The van der Waals surface area contributed by atoms with E-state index in [9.17, 15) is 9.59 Å². The normalized spacial score (nSPS) is 13.2. The number of rotatable bonds is 3. The van der Waals surface area contributed by atoms with Gasteiger partial charge in [-0.1, -0.05) is 51.1 Å². The average Bonchev–Trinajstić information content (AvgIpc) is 3.20. The highest BCUT2D eigenvalue weighted by Crippen LogP contribution is 2.28. The zero-order chi connectivity index (χ0) is 22.2. The topological polar surface area (TPSA) is 101 Å². The fourth-order valence-electron chi connectivity index (χ4n) is 3.50. The lowest BCUT2D eigenvalue weighted by atomic mass is 9.92. The number of aromatic nitrogens is 3. The molecule has 0 fully saturated rings. The second-order valence-corrected chi connectivity index (χ2v) is 8.24. The Morgan fingerprint density at radius 3 is 2.32 bits per heavy atom. The van der Waals surface area contributed by atoms with Gasteiger partial charge < -0.3 is 19.1 Å². The molecule has 4 rings (SSSR count). The van der Waals surface area contributed by atoms with Gasteiger partial charge in [0, 0.05) is 11.0 Å². The highest BCUT2D eigenvalue weighted by atomic mass is 16.5. The number of fused-ring (bicyclic) bond motifs is 1. The highest BCUT2D eigenvalue weighted by Gasteiger charge is 2.22. The zero-order valence-corrected chi connectivity index (χ0v) is 17.8. The van der Waals surface area contributed by atoms with Crippen LogP contribution in [0.2, 0.25) is 0 Å². The number of hydrogen-bond donors (Lipinski definition) is 2. The molecule has 0 amide bonds. The van der Waals surface area contributed by atoms with Crippen LogP contribution in [0.1, 0.15) is 37.8 Å². The lowest BCUT2D eigenvalue weighted by Gasteiger charge is -2.14. The van der Waals surface area contributed by atoms with E-state index in [2.05, 4.69) is 15.0 Å². The molecule has 158 valence electrons. The number of H-pyrrole nitrogens is 2. The van der Waals surface area contributed by atoms with E-state index < -0.39 is 11.1 Å². The summed E-state index contributed by atoms with van der Waals surface area (Å²) in [4.78, 5) is 35.0. The molecule has 0 radical (unpaired) electrons. The fourth-order valence-corrected chi connectivity index (χ4v) is 3.50. The average molecular weight is 417 g/mol. The molecule has 0 saturated carbocycles. The summed E-state index contributed by atoms with van der Waals surface area (Å²) < 4.78 is 10.9. The molecular weight excluding hydrogens is 394 g/mol. The number of benzene rings is 2. The molecule has 0 saturated heterocycles. The van der Waals surface area contributed by atoms with Crippen molar-refractivity contribution in [2.45, 2.75) is 26.2 Å². The first-order valence-electron chi connectivity index (χ1n) is 9.83. The van der Waals surface area contributed by atoms with Crippen LogP contribution in [0.4, 0.5) is 0 Å². The van der Waals surface area contributed by atoms with E-state index in [1.54, 1.807) is 13.2 Å². The Morgan fingerprint density at radius 2 is 1.65 bits per heavy atom. The van der Waals surface area contributed by atoms with Crippen LogP contribution in [-0.2, 0) is 5.41 Å². The quantitative estimate of drug-likeness (QED) is 0.532. The first kappa shape index (κ1) is 20.4. The van der Waals surface area contributed by atoms with Gasteiger partial charge in [0.25, 0.3) is 11.1 Å². The van der Waals surface area contributed by atoms with Crippen LogP contribution in [-0.4, -0.2) is 22.1 Å². The van der Waals surface area contributed by atoms with Crippen LogP contribution in [0.5, 0.6) is 5.75 Å². The maximum atomic E-state index is 12.8. The predicted molar refractivity (Wildman–Crippen MR) is 120 cm³/mol. The van der Waals surface area contributed by atoms with Crippen molar-refractivity contribution in [1.82, 2.24) is 15.0 Å². The summed E-state index contributed by atoms with van der Waals surface area (Å²) in [6.45, 7) is 5.94. The summed E-state index contributed by atoms with van der Waals surface area (Å²) in [5.74, 6) is 1.23. The third-order valence-corrected chi connectivity index (χ3v) is 4.98. The van der Waals surface area contributed by atoms with E-state index in [-0.39, 0.29) is 16.1 Å². The maximum Gasteiger partial charge on any atom is 0.272 e. The molecule has 0 unspecified atom stereocenters. The second-order valence-electron chi connectivity index (χ2n) is 8.24. The van der Waals surface area contributed by atoms with Gasteiger partial charge in [-0.05, 0) is 29.0 Å². The molecule has 31 heavy (non-hydrogen) atoms. The monoisotopic (exact) mass is 417 g/mol. The van der Waals surface area contributed by atoms with Gasteiger partial charge >= 0.3 is 0 Å². The molecule has 7 nitrogen and oxygen atoms in total. The lowest BCUT2D eigenvalue weighted by molar-refractivity contribution is 0.407. The van der Waals surface area contributed by atoms with Gasteiger partial charge in [0.1, 0.15) is 27.9 Å². The van der Waals surface area contributed by atoms with Crippen molar-refractivity contribution < 1.29 is 9.15 Å². The van der Waals surface area contributed by atoms with Crippen molar-refractivity contribution in [3.63, 3.8) is 0 Å². The fraction of sp³-hybridized carbons (Fsp3) is 0.208. The molecule has 0 aliphatic carbocycles. The number of oxazole rings is 1. The third-order valence-electron chi connectivity index (χ3n) is 4.98. The number of nitrogens with one attached hydrogen (secondary N) is 2. The minimum atomic E-state index is -0.437. The van der Waals surface area contributed by atoms with E-state index in [0.717, 1.165) is 10.8 Å². The number of nitrogens with zero attached hydrogens (tertiary/aromatic N) is 1. The molecule has 0 aliphatic rings. The van der Waals surface area contributed by atoms with Crippen LogP contribution in [0.25, 0.3) is 22.9 Å². The Labute approximate surface area is 177 Å². The van der Waals surface area contributed by atoms with Gasteiger partial charge in [0.15, 0.2) is 6.39 Å². The van der Waals surface area contributed by atoms with Crippen LogP contribution in [0, 0.1) is 0 Å². The Morgan fingerprint density at radius 1 is 0.968 bits per heavy atom. The Kier molecular flexibility index (Phi) is 5.10. The van der Waals surface area contributed by atoms with Crippen molar-refractivity contribution in [2.24, 2.45) is 0 Å². The maximum absolute atomic E-state index is 12.8. The molecule has 2 heterocycles. The molecule has 0 aliphatic heterocycles. The first-order chi connectivity index (χ1) is 14.8. The van der Waals surface area contributed by atoms with E-state index in [0.29, 0.717) is 22.8 Å². The van der Waals surface area contributed by atoms with Crippen LogP contribution >= 0.6 is 0 Å². The molecule has 4 aromatic rings. The summed E-state index contributed by atoms with van der Waals surface area (Å²) in [5, 5.41) is 2.15. The number of methoxy groups -OCH3 is 1. The highest BCUT2D eigenvalue weighted by molar-refractivity contribution is 5.92. The summed E-state index contributed by atoms with van der Waals surface area (Å²) in [6, 6.07) is 11.5. The van der Waals surface area contributed by atoms with Gasteiger partial charge in [0.05, 0.1) is 7.11 Å². The molecule has 2 aromatic heterocycles. The molecule has 2 N–H and O–H groups in total. The lowest BCUT2D eigenvalue weighted by Crippen LogP contribution is -2.46. The van der Waals surface area contributed by atoms with E-state index >= 15 is 0 Å². The Bertz CT molecular complexity index is 1500. The Hall–Kier alpha value is -3.87. The molecule has 7 heteroatoms. The number of hydrogen-bond acceptors (Lipinski definition) is 5. The number of ether oxygens (including phenoxy) is 1. The smallest absolute Gasteiger partial charge is 0.272 e. The van der Waals surface area contributed by atoms with Crippen molar-refractivity contribution in [2.75, 3.05) is 7.11 Å². The standard InChI is InChI=1S/C24H23N3O4/c1-24(2,3)21-17(25-13-31-21)12-19-23(29)26-18(22(28)27-19)11-16-15-8-6-5-7-14(15)9-10-20(16)30-4/h5-13H,1-4H3,(H,26,29)(H,27,28)/b18-11-,19-12-. The van der Waals surface area contributed by atoms with Crippen molar-refractivity contribution in [3.8, 4) is 5.75 Å². The Balaban J connectivity index is 1.92. The first-order valence-corrected chi connectivity index (χ1v) is 9.83. The van der Waals surface area contributed by atoms with Gasteiger partial charge in [-0.25, -0.2) is 4.98 Å². The molecule has 0 atom stereocenters. The minimum Gasteiger partial charge on any atom is -0.496 e. The molecule has 2 aromatic carbocycles. The van der Waals surface area contributed by atoms with Crippen LogP contribution in [0.15, 0.2) is 56.8 Å². The van der Waals surface area contributed by atoms with Crippen molar-refractivity contribution in [1.29, 1.82) is 0 Å². The minimum absolute atomic E-state index is 0.103. The molecule has 0 bridgehead atoms. The summed E-state index contributed by atoms with van der Waals surface area (Å²) in [7, 11) is 1.57. The predicted octanol–water partition coefficient (Wildman–Crippen LogP) is 2.17. The molecule has 0 spiro atoms. The summed E-state index contributed by atoms with van der Waals surface area (Å²) in [5.41, 5.74) is 0.0502. The van der Waals surface area contributed by atoms with Gasteiger partial charge in [-0.2, -0.15) is 0 Å². The van der Waals surface area contributed by atoms with Crippen LogP contribution < -0.4 is 26.6 Å². The van der Waals surface area contributed by atoms with Crippen molar-refractivity contribution in [3.05, 3.63) is 91.2 Å². The largest absolute Gasteiger partial charge is 0.496 e. The summed E-state index contributed by atoms with van der Waals surface area (Å²) in [6.07, 6.45) is 4.47. The second kappa shape index (κ2) is 7.75.